The van der Waals surface area contributed by atoms with Crippen LogP contribution in [-0.4, -0.2) is 49.4 Å². The SMILES string of the molecule is O=C(CN1CCCC[C@H]1C1OCCO1)Nc1cccc2c1N=S=N2. The molecule has 7 nitrogen and oxygen atoms in total. The molecule has 8 heteroatoms. The molecule has 4 rings (SSSR count). The van der Waals surface area contributed by atoms with Crippen LogP contribution in [0.3, 0.4) is 0 Å². The topological polar surface area (TPSA) is 75.5 Å². The van der Waals surface area contributed by atoms with Crippen molar-refractivity contribution in [1.29, 1.82) is 0 Å². The number of nitrogens with one attached hydrogen (secondary N) is 1. The van der Waals surface area contributed by atoms with Gasteiger partial charge in [-0.3, -0.25) is 9.69 Å². The Morgan fingerprint density at radius 1 is 1.29 bits per heavy atom. The number of hydrogen-bond donors (Lipinski definition) is 1. The number of anilines is 1. The maximum absolute atomic E-state index is 12.5. The van der Waals surface area contributed by atoms with E-state index in [9.17, 15) is 4.79 Å². The number of ether oxygens (including phenoxy) is 2. The van der Waals surface area contributed by atoms with Crippen LogP contribution in [0, 0.1) is 0 Å². The Kier molecular flexibility index (Phi) is 4.70. The molecule has 0 spiro atoms. The summed E-state index contributed by atoms with van der Waals surface area (Å²) in [4.78, 5) is 14.7. The molecule has 0 radical (unpaired) electrons. The van der Waals surface area contributed by atoms with E-state index in [4.69, 9.17) is 9.47 Å². The molecule has 24 heavy (non-hydrogen) atoms. The van der Waals surface area contributed by atoms with Crippen LogP contribution in [0.25, 0.3) is 0 Å². The quantitative estimate of drug-likeness (QED) is 0.921. The Morgan fingerprint density at radius 2 is 2.17 bits per heavy atom. The van der Waals surface area contributed by atoms with Gasteiger partial charge in [0, 0.05) is 0 Å². The smallest absolute Gasteiger partial charge is 0.238 e. The summed E-state index contributed by atoms with van der Waals surface area (Å²) in [6.07, 6.45) is 3.05. The molecule has 3 heterocycles. The fourth-order valence-corrected chi connectivity index (χ4v) is 3.95. The van der Waals surface area contributed by atoms with Crippen molar-refractivity contribution in [3.05, 3.63) is 18.2 Å². The van der Waals surface area contributed by atoms with Gasteiger partial charge < -0.3 is 14.8 Å². The Labute approximate surface area is 144 Å². The predicted octanol–water partition coefficient (Wildman–Crippen LogP) is 2.58. The zero-order valence-corrected chi connectivity index (χ0v) is 14.1. The van der Waals surface area contributed by atoms with Gasteiger partial charge in [-0.1, -0.05) is 12.5 Å². The van der Waals surface area contributed by atoms with E-state index in [1.54, 1.807) is 0 Å². The van der Waals surface area contributed by atoms with Crippen molar-refractivity contribution in [3.63, 3.8) is 0 Å². The van der Waals surface area contributed by atoms with Crippen LogP contribution in [0.4, 0.5) is 17.1 Å². The number of hydrogen-bond acceptors (Lipinski definition) is 6. The largest absolute Gasteiger partial charge is 0.349 e. The van der Waals surface area contributed by atoms with Gasteiger partial charge >= 0.3 is 0 Å². The second-order valence-electron chi connectivity index (χ2n) is 6.13. The van der Waals surface area contributed by atoms with Crippen LogP contribution in [0.1, 0.15) is 19.3 Å². The molecule has 2 fully saturated rings. The standard InChI is InChI=1S/C16H20N4O3S/c21-14(17-11-4-3-5-12-15(11)19-24-18-12)10-20-7-2-1-6-13(20)16-22-8-9-23-16/h3-5,13,16H,1-2,6-10H2,(H,17,21)/t13-/m0/s1. The minimum atomic E-state index is -0.204. The lowest BCUT2D eigenvalue weighted by Gasteiger charge is -2.37. The van der Waals surface area contributed by atoms with Crippen molar-refractivity contribution in [1.82, 2.24) is 4.90 Å². The van der Waals surface area contributed by atoms with Gasteiger partial charge in [0.15, 0.2) is 6.29 Å². The number of carbonyl (C=O) groups excluding carboxylic acids is 1. The monoisotopic (exact) mass is 348 g/mol. The Bertz CT molecular complexity index is 699. The first kappa shape index (κ1) is 15.9. The number of nitrogens with zero attached hydrogens (tertiary/aromatic N) is 3. The molecule has 1 N–H and O–H groups in total. The summed E-state index contributed by atoms with van der Waals surface area (Å²) in [5, 5.41) is 2.97. The second-order valence-corrected chi connectivity index (χ2v) is 6.66. The zero-order chi connectivity index (χ0) is 16.4. The summed E-state index contributed by atoms with van der Waals surface area (Å²) in [5.74, 6) is -0.0413. The first-order chi connectivity index (χ1) is 11.8. The van der Waals surface area contributed by atoms with Gasteiger partial charge in [0.2, 0.25) is 5.91 Å². The van der Waals surface area contributed by atoms with Crippen molar-refractivity contribution >= 4 is 34.3 Å². The molecule has 0 unspecified atom stereocenters. The third-order valence-corrected chi connectivity index (χ3v) is 5.08. The fourth-order valence-electron chi connectivity index (χ4n) is 3.40. The lowest BCUT2D eigenvalue weighted by molar-refractivity contribution is -0.127. The molecule has 2 saturated heterocycles. The summed E-state index contributed by atoms with van der Waals surface area (Å²) in [6.45, 7) is 2.51. The molecule has 1 atom stereocenters. The van der Waals surface area contributed by atoms with E-state index in [1.165, 1.54) is 0 Å². The number of carbonyl (C=O) groups is 1. The van der Waals surface area contributed by atoms with Gasteiger partial charge in [-0.05, 0) is 31.5 Å². The molecule has 128 valence electrons. The summed E-state index contributed by atoms with van der Waals surface area (Å²) in [7, 11) is 0. The number of benzene rings is 1. The van der Waals surface area contributed by atoms with Gasteiger partial charge in [-0.25, -0.2) is 0 Å². The number of fused-ring (bicyclic) bond motifs is 1. The van der Waals surface area contributed by atoms with Crippen LogP contribution < -0.4 is 5.32 Å². The van der Waals surface area contributed by atoms with E-state index in [2.05, 4.69) is 18.9 Å². The van der Waals surface area contributed by atoms with Gasteiger partial charge in [0.05, 0.1) is 42.8 Å². The van der Waals surface area contributed by atoms with Gasteiger partial charge in [-0.15, -0.1) is 0 Å². The lowest BCUT2D eigenvalue weighted by Crippen LogP contribution is -2.50. The molecular weight excluding hydrogens is 328 g/mol. The predicted molar refractivity (Wildman–Crippen MR) is 91.5 cm³/mol. The fraction of sp³-hybridized carbons (Fsp3) is 0.562. The molecule has 0 aliphatic carbocycles. The van der Waals surface area contributed by atoms with Crippen LogP contribution in [0.5, 0.6) is 0 Å². The molecule has 3 aliphatic rings. The summed E-state index contributed by atoms with van der Waals surface area (Å²) < 4.78 is 19.8. The molecule has 1 aromatic carbocycles. The molecule has 0 aromatic heterocycles. The van der Waals surface area contributed by atoms with Crippen molar-refractivity contribution < 1.29 is 14.3 Å². The van der Waals surface area contributed by atoms with Gasteiger partial charge in [0.1, 0.15) is 11.4 Å². The number of piperidine rings is 1. The minimum Gasteiger partial charge on any atom is -0.349 e. The molecule has 3 aliphatic heterocycles. The minimum absolute atomic E-state index is 0.0413. The van der Waals surface area contributed by atoms with E-state index in [0.717, 1.165) is 48.5 Å². The normalized spacial score (nSPS) is 23.9. The van der Waals surface area contributed by atoms with E-state index in [-0.39, 0.29) is 18.2 Å². The number of likely N-dealkylation sites (tertiary alicyclic amines) is 1. The molecule has 1 aromatic rings. The van der Waals surface area contributed by atoms with Gasteiger partial charge in [-0.2, -0.15) is 8.73 Å². The zero-order valence-electron chi connectivity index (χ0n) is 13.3. The first-order valence-electron chi connectivity index (χ1n) is 8.30. The number of rotatable bonds is 4. The van der Waals surface area contributed by atoms with Crippen LogP contribution in [0.15, 0.2) is 26.9 Å². The highest BCUT2D eigenvalue weighted by atomic mass is 32.1. The highest BCUT2D eigenvalue weighted by molar-refractivity contribution is 7.58. The van der Waals surface area contributed by atoms with Crippen molar-refractivity contribution in [2.45, 2.75) is 31.6 Å². The van der Waals surface area contributed by atoms with Crippen LogP contribution in [0.2, 0.25) is 0 Å². The Hall–Kier alpha value is -1.61. The van der Waals surface area contributed by atoms with Gasteiger partial charge in [0.25, 0.3) is 0 Å². The molecule has 0 bridgehead atoms. The van der Waals surface area contributed by atoms with Crippen molar-refractivity contribution in [2.75, 3.05) is 31.6 Å². The first-order valence-corrected chi connectivity index (χ1v) is 9.03. The summed E-state index contributed by atoms with van der Waals surface area (Å²) in [5.41, 5.74) is 2.27. The van der Waals surface area contributed by atoms with Crippen LogP contribution >= 0.6 is 0 Å². The van der Waals surface area contributed by atoms with Crippen LogP contribution in [-0.2, 0) is 25.6 Å². The average molecular weight is 348 g/mol. The van der Waals surface area contributed by atoms with E-state index in [1.807, 2.05) is 18.2 Å². The molecule has 0 saturated carbocycles. The third kappa shape index (κ3) is 3.27. The van der Waals surface area contributed by atoms with E-state index >= 15 is 0 Å². The van der Waals surface area contributed by atoms with Crippen molar-refractivity contribution in [2.24, 2.45) is 8.73 Å². The van der Waals surface area contributed by atoms with E-state index in [0.29, 0.717) is 25.4 Å². The van der Waals surface area contributed by atoms with E-state index < -0.39 is 0 Å². The summed E-state index contributed by atoms with van der Waals surface area (Å²) in [6, 6.07) is 5.79. The maximum atomic E-state index is 12.5. The Balaban J connectivity index is 1.41. The summed E-state index contributed by atoms with van der Waals surface area (Å²) >= 11 is 1.15. The molecule has 1 amide bonds. The third-order valence-electron chi connectivity index (χ3n) is 4.53. The second kappa shape index (κ2) is 7.10. The highest BCUT2D eigenvalue weighted by Crippen LogP contribution is 2.38. The average Bonchev–Trinajstić information content (AvgIpc) is 3.27. The van der Waals surface area contributed by atoms with Crippen molar-refractivity contribution in [3.8, 4) is 0 Å². The molecular formula is C16H20N4O3S. The highest BCUT2D eigenvalue weighted by Gasteiger charge is 2.34. The lowest BCUT2D eigenvalue weighted by atomic mass is 10.0. The maximum Gasteiger partial charge on any atom is 0.238 e. The number of amides is 1. The Morgan fingerprint density at radius 3 is 3.04 bits per heavy atom.